The van der Waals surface area contributed by atoms with Gasteiger partial charge in [0, 0.05) is 22.3 Å². The summed E-state index contributed by atoms with van der Waals surface area (Å²) in [6.45, 7) is 4.09. The number of para-hydroxylation sites is 1. The summed E-state index contributed by atoms with van der Waals surface area (Å²) in [7, 11) is 0. The molecule has 0 aliphatic rings. The summed E-state index contributed by atoms with van der Waals surface area (Å²) in [4.78, 5) is 27.5. The summed E-state index contributed by atoms with van der Waals surface area (Å²) in [5.74, 6) is -1.32. The van der Waals surface area contributed by atoms with Crippen LogP contribution in [0.4, 0.5) is 5.13 Å². The molecule has 0 unspecified atom stereocenters. The normalized spacial score (nSPS) is 11.1. The van der Waals surface area contributed by atoms with Gasteiger partial charge >= 0.3 is 0 Å². The van der Waals surface area contributed by atoms with Gasteiger partial charge in [0.15, 0.2) is 4.34 Å². The SMILES string of the molecule is CC(C)Sc1nnc(NC(=O)C(=O)c2c[nH]c3ccccc23)s1. The van der Waals surface area contributed by atoms with Crippen molar-refractivity contribution < 1.29 is 9.59 Å². The molecule has 2 aromatic heterocycles. The van der Waals surface area contributed by atoms with Gasteiger partial charge in [-0.15, -0.1) is 10.2 Å². The van der Waals surface area contributed by atoms with Gasteiger partial charge < -0.3 is 4.98 Å². The number of anilines is 1. The molecule has 118 valence electrons. The molecule has 2 N–H and O–H groups in total. The molecule has 0 fully saturated rings. The number of carbonyl (C=O) groups is 2. The predicted octanol–water partition coefficient (Wildman–Crippen LogP) is 3.34. The van der Waals surface area contributed by atoms with E-state index >= 15 is 0 Å². The van der Waals surface area contributed by atoms with Gasteiger partial charge in [-0.05, 0) is 6.07 Å². The highest BCUT2D eigenvalue weighted by Gasteiger charge is 2.21. The number of amides is 1. The van der Waals surface area contributed by atoms with Gasteiger partial charge in [0.05, 0.1) is 5.56 Å². The van der Waals surface area contributed by atoms with Crippen molar-refractivity contribution in [3.8, 4) is 0 Å². The Morgan fingerprint density at radius 3 is 2.83 bits per heavy atom. The Morgan fingerprint density at radius 1 is 1.26 bits per heavy atom. The molecule has 0 bridgehead atoms. The number of nitrogens with zero attached hydrogens (tertiary/aromatic N) is 2. The van der Waals surface area contributed by atoms with Crippen molar-refractivity contribution in [1.29, 1.82) is 0 Å². The number of nitrogens with one attached hydrogen (secondary N) is 2. The first kappa shape index (κ1) is 15.7. The van der Waals surface area contributed by atoms with Gasteiger partial charge in [-0.1, -0.05) is 55.1 Å². The van der Waals surface area contributed by atoms with Gasteiger partial charge in [-0.25, -0.2) is 0 Å². The second-order valence-electron chi connectivity index (χ2n) is 5.07. The fourth-order valence-electron chi connectivity index (χ4n) is 2.05. The Labute approximate surface area is 140 Å². The second-order valence-corrected chi connectivity index (χ2v) is 7.87. The van der Waals surface area contributed by atoms with E-state index in [1.807, 2.05) is 32.0 Å². The van der Waals surface area contributed by atoms with Crippen molar-refractivity contribution in [2.75, 3.05) is 5.32 Å². The molecule has 3 aromatic rings. The lowest BCUT2D eigenvalue weighted by atomic mass is 10.1. The van der Waals surface area contributed by atoms with Gasteiger partial charge in [-0.2, -0.15) is 0 Å². The van der Waals surface area contributed by atoms with E-state index in [2.05, 4.69) is 20.5 Å². The molecule has 0 saturated carbocycles. The van der Waals surface area contributed by atoms with E-state index in [-0.39, 0.29) is 0 Å². The second kappa shape index (κ2) is 6.51. The van der Waals surface area contributed by atoms with Crippen molar-refractivity contribution in [3.05, 3.63) is 36.0 Å². The molecular formula is C15H14N4O2S2. The first-order chi connectivity index (χ1) is 11.0. The average molecular weight is 346 g/mol. The van der Waals surface area contributed by atoms with Gasteiger partial charge in [0.2, 0.25) is 5.13 Å². The molecule has 0 radical (unpaired) electrons. The van der Waals surface area contributed by atoms with Gasteiger partial charge in [-0.3, -0.25) is 14.9 Å². The van der Waals surface area contributed by atoms with Crippen molar-refractivity contribution in [2.24, 2.45) is 0 Å². The van der Waals surface area contributed by atoms with E-state index in [0.29, 0.717) is 15.9 Å². The maximum Gasteiger partial charge on any atom is 0.298 e. The molecule has 8 heteroatoms. The van der Waals surface area contributed by atoms with E-state index in [0.717, 1.165) is 15.2 Å². The number of Topliss-reactive ketones (excluding diaryl/α,β-unsaturated/α-hetero) is 1. The minimum absolute atomic E-state index is 0.325. The summed E-state index contributed by atoms with van der Waals surface area (Å²) in [5, 5.41) is 11.8. The van der Waals surface area contributed by atoms with Crippen LogP contribution >= 0.6 is 23.1 Å². The van der Waals surface area contributed by atoms with Crippen LogP contribution < -0.4 is 5.32 Å². The third-order valence-electron chi connectivity index (χ3n) is 3.00. The minimum Gasteiger partial charge on any atom is -0.360 e. The standard InChI is InChI=1S/C15H14N4O2S2/c1-8(2)22-15-19-18-14(23-15)17-13(21)12(20)10-7-16-11-6-4-3-5-9(10)11/h3-8,16H,1-2H3,(H,17,18,21). The number of hydrogen-bond donors (Lipinski definition) is 2. The van der Waals surface area contributed by atoms with Crippen molar-refractivity contribution in [1.82, 2.24) is 15.2 Å². The molecular weight excluding hydrogens is 332 g/mol. The summed E-state index contributed by atoms with van der Waals surface area (Å²) < 4.78 is 0.759. The van der Waals surface area contributed by atoms with E-state index < -0.39 is 11.7 Å². The fraction of sp³-hybridized carbons (Fsp3) is 0.200. The lowest BCUT2D eigenvalue weighted by Gasteiger charge is -1.99. The quantitative estimate of drug-likeness (QED) is 0.320. The largest absolute Gasteiger partial charge is 0.360 e. The number of benzene rings is 1. The van der Waals surface area contributed by atoms with Crippen LogP contribution in [0.3, 0.4) is 0 Å². The first-order valence-electron chi connectivity index (χ1n) is 6.96. The summed E-state index contributed by atoms with van der Waals surface area (Å²) in [6.07, 6.45) is 1.55. The number of aromatic nitrogens is 3. The van der Waals surface area contributed by atoms with Crippen LogP contribution in [0.2, 0.25) is 0 Å². The molecule has 23 heavy (non-hydrogen) atoms. The van der Waals surface area contributed by atoms with Crippen molar-refractivity contribution >= 4 is 50.8 Å². The molecule has 1 aromatic carbocycles. The average Bonchev–Trinajstić information content (AvgIpc) is 3.12. The highest BCUT2D eigenvalue weighted by atomic mass is 32.2. The van der Waals surface area contributed by atoms with Crippen molar-refractivity contribution in [2.45, 2.75) is 23.4 Å². The van der Waals surface area contributed by atoms with Crippen LogP contribution in [-0.2, 0) is 4.79 Å². The first-order valence-corrected chi connectivity index (χ1v) is 8.66. The number of H-pyrrole nitrogens is 1. The number of ketones is 1. The van der Waals surface area contributed by atoms with Crippen LogP contribution in [0, 0.1) is 0 Å². The van der Waals surface area contributed by atoms with E-state index in [4.69, 9.17) is 0 Å². The zero-order valence-corrected chi connectivity index (χ0v) is 14.1. The minimum atomic E-state index is -0.716. The van der Waals surface area contributed by atoms with E-state index in [9.17, 15) is 9.59 Å². The van der Waals surface area contributed by atoms with Crippen LogP contribution in [0.5, 0.6) is 0 Å². The number of carbonyl (C=O) groups excluding carboxylic acids is 2. The molecule has 0 aliphatic carbocycles. The number of fused-ring (bicyclic) bond motifs is 1. The van der Waals surface area contributed by atoms with Crippen molar-refractivity contribution in [3.63, 3.8) is 0 Å². The fourth-order valence-corrected chi connectivity index (χ4v) is 4.02. The molecule has 3 rings (SSSR count). The van der Waals surface area contributed by atoms with Crippen LogP contribution in [0.15, 0.2) is 34.8 Å². The predicted molar refractivity (Wildman–Crippen MR) is 92.2 cm³/mol. The van der Waals surface area contributed by atoms with Crippen LogP contribution in [-0.4, -0.2) is 32.1 Å². The van der Waals surface area contributed by atoms with E-state index in [1.54, 1.807) is 24.0 Å². The Balaban J connectivity index is 1.75. The lowest BCUT2D eigenvalue weighted by molar-refractivity contribution is -0.112. The van der Waals surface area contributed by atoms with E-state index in [1.165, 1.54) is 11.3 Å². The highest BCUT2D eigenvalue weighted by Crippen LogP contribution is 2.28. The molecule has 0 atom stereocenters. The lowest BCUT2D eigenvalue weighted by Crippen LogP contribution is -2.22. The molecule has 0 aliphatic heterocycles. The Hall–Kier alpha value is -2.19. The Morgan fingerprint density at radius 2 is 2.04 bits per heavy atom. The maximum absolute atomic E-state index is 12.3. The maximum atomic E-state index is 12.3. The Bertz CT molecular complexity index is 869. The zero-order valence-electron chi connectivity index (χ0n) is 12.5. The summed E-state index contributed by atoms with van der Waals surface area (Å²) in [5.41, 5.74) is 1.16. The topological polar surface area (TPSA) is 87.7 Å². The summed E-state index contributed by atoms with van der Waals surface area (Å²) >= 11 is 2.81. The number of hydrogen-bond acceptors (Lipinski definition) is 6. The molecule has 0 spiro atoms. The molecule has 2 heterocycles. The highest BCUT2D eigenvalue weighted by molar-refractivity contribution is 8.01. The van der Waals surface area contributed by atoms with Gasteiger partial charge in [0.1, 0.15) is 0 Å². The molecule has 0 saturated heterocycles. The number of aromatic amines is 1. The van der Waals surface area contributed by atoms with Crippen LogP contribution in [0.1, 0.15) is 24.2 Å². The monoisotopic (exact) mass is 346 g/mol. The third kappa shape index (κ3) is 3.43. The third-order valence-corrected chi connectivity index (χ3v) is 4.93. The smallest absolute Gasteiger partial charge is 0.298 e. The number of rotatable bonds is 5. The number of thioether (sulfide) groups is 1. The molecule has 1 amide bonds. The van der Waals surface area contributed by atoms with Gasteiger partial charge in [0.25, 0.3) is 11.7 Å². The zero-order chi connectivity index (χ0) is 16.4. The Kier molecular flexibility index (Phi) is 4.44. The molecule has 6 nitrogen and oxygen atoms in total. The summed E-state index contributed by atoms with van der Waals surface area (Å²) in [6, 6.07) is 7.34. The van der Waals surface area contributed by atoms with Crippen LogP contribution in [0.25, 0.3) is 10.9 Å².